The summed E-state index contributed by atoms with van der Waals surface area (Å²) in [5.41, 5.74) is 5.54. The van der Waals surface area contributed by atoms with E-state index in [9.17, 15) is 12.8 Å². The van der Waals surface area contributed by atoms with Crippen LogP contribution in [0.2, 0.25) is 0 Å². The summed E-state index contributed by atoms with van der Waals surface area (Å²) in [6.07, 6.45) is 1.97. The Morgan fingerprint density at radius 3 is 2.58 bits per heavy atom. The number of nitrogens with one attached hydrogen (secondary N) is 1. The zero-order valence-electron chi connectivity index (χ0n) is 9.97. The molecule has 1 fully saturated rings. The monoisotopic (exact) mass is 372 g/mol. The largest absolute Gasteiger partial charge is 0.329 e. The Bertz CT molecular complexity index is 552. The normalized spacial score (nSPS) is 16.8. The molecule has 0 amide bonds. The first kappa shape index (κ1) is 16.8. The second-order valence-electron chi connectivity index (χ2n) is 4.38. The molecule has 1 aromatic carbocycles. The Labute approximate surface area is 126 Å². The van der Waals surface area contributed by atoms with Crippen LogP contribution in [-0.4, -0.2) is 21.0 Å². The highest BCUT2D eigenvalue weighted by atomic mass is 79.9. The second-order valence-corrected chi connectivity index (χ2v) is 6.95. The van der Waals surface area contributed by atoms with Crippen molar-refractivity contribution in [1.82, 2.24) is 4.72 Å². The molecule has 0 aromatic heterocycles. The predicted octanol–water partition coefficient (Wildman–Crippen LogP) is 2.03. The van der Waals surface area contributed by atoms with Gasteiger partial charge in [-0.05, 0) is 52.9 Å². The molecule has 0 bridgehead atoms. The third kappa shape index (κ3) is 4.13. The van der Waals surface area contributed by atoms with Gasteiger partial charge in [0.2, 0.25) is 10.0 Å². The van der Waals surface area contributed by atoms with E-state index < -0.39 is 15.8 Å². The van der Waals surface area contributed by atoms with Crippen LogP contribution < -0.4 is 10.5 Å². The van der Waals surface area contributed by atoms with E-state index in [0.717, 1.165) is 18.9 Å². The highest BCUT2D eigenvalue weighted by Gasteiger charge is 2.33. The van der Waals surface area contributed by atoms with Gasteiger partial charge in [-0.1, -0.05) is 0 Å². The van der Waals surface area contributed by atoms with Gasteiger partial charge in [-0.25, -0.2) is 17.5 Å². The van der Waals surface area contributed by atoms with Crippen molar-refractivity contribution in [2.75, 3.05) is 6.54 Å². The summed E-state index contributed by atoms with van der Waals surface area (Å²) in [5, 5.41) is 0. The molecule has 1 unspecified atom stereocenters. The van der Waals surface area contributed by atoms with Gasteiger partial charge in [-0.15, -0.1) is 12.4 Å². The van der Waals surface area contributed by atoms with Crippen molar-refractivity contribution in [1.29, 1.82) is 0 Å². The number of benzene rings is 1. The summed E-state index contributed by atoms with van der Waals surface area (Å²) < 4.78 is 40.2. The van der Waals surface area contributed by atoms with Gasteiger partial charge in [-0.3, -0.25) is 0 Å². The standard InChI is InChI=1S/C11H14BrFN2O2S.ClH/c12-9-4-3-8(5-10(9)13)18(16,17)15-11(6-14)7-1-2-7;/h3-5,7,11,15H,1-2,6,14H2;1H. The molecular weight excluding hydrogens is 359 g/mol. The first-order valence-corrected chi connectivity index (χ1v) is 7.89. The van der Waals surface area contributed by atoms with Gasteiger partial charge in [-0.2, -0.15) is 0 Å². The van der Waals surface area contributed by atoms with Gasteiger partial charge in [0.1, 0.15) is 5.82 Å². The molecule has 0 aliphatic heterocycles. The van der Waals surface area contributed by atoms with Crippen molar-refractivity contribution in [3.05, 3.63) is 28.5 Å². The van der Waals surface area contributed by atoms with Crippen molar-refractivity contribution in [2.24, 2.45) is 11.7 Å². The topological polar surface area (TPSA) is 72.2 Å². The molecule has 8 heteroatoms. The summed E-state index contributed by atoms with van der Waals surface area (Å²) >= 11 is 2.98. The van der Waals surface area contributed by atoms with Crippen molar-refractivity contribution in [3.8, 4) is 0 Å². The summed E-state index contributed by atoms with van der Waals surface area (Å²) in [6.45, 7) is 0.253. The van der Waals surface area contributed by atoms with Crippen LogP contribution in [0, 0.1) is 11.7 Å². The zero-order valence-corrected chi connectivity index (χ0v) is 13.2. The first-order valence-electron chi connectivity index (χ1n) is 5.61. The second kappa shape index (κ2) is 6.49. The fraction of sp³-hybridized carbons (Fsp3) is 0.455. The number of sulfonamides is 1. The SMILES string of the molecule is Cl.NCC(NS(=O)(=O)c1ccc(Br)c(F)c1)C1CC1. The third-order valence-corrected chi connectivity index (χ3v) is 5.08. The maximum atomic E-state index is 13.3. The predicted molar refractivity (Wildman–Crippen MR) is 77.2 cm³/mol. The minimum atomic E-state index is -3.71. The van der Waals surface area contributed by atoms with Gasteiger partial charge in [0, 0.05) is 12.6 Å². The van der Waals surface area contributed by atoms with Gasteiger partial charge in [0.15, 0.2) is 0 Å². The van der Waals surface area contributed by atoms with Gasteiger partial charge in [0.25, 0.3) is 0 Å². The molecule has 108 valence electrons. The van der Waals surface area contributed by atoms with Crippen LogP contribution >= 0.6 is 28.3 Å². The summed E-state index contributed by atoms with van der Waals surface area (Å²) in [6, 6.07) is 3.46. The summed E-state index contributed by atoms with van der Waals surface area (Å²) in [4.78, 5) is -0.0812. The Morgan fingerprint density at radius 2 is 2.11 bits per heavy atom. The fourth-order valence-corrected chi connectivity index (χ4v) is 3.32. The average Bonchev–Trinajstić information content (AvgIpc) is 3.13. The van der Waals surface area contributed by atoms with Crippen LogP contribution in [0.25, 0.3) is 0 Å². The Kier molecular flexibility index (Phi) is 5.76. The molecule has 0 heterocycles. The Morgan fingerprint density at radius 1 is 1.47 bits per heavy atom. The van der Waals surface area contributed by atoms with E-state index in [1.807, 2.05) is 0 Å². The molecule has 1 atom stereocenters. The van der Waals surface area contributed by atoms with Crippen molar-refractivity contribution in [3.63, 3.8) is 0 Å². The van der Waals surface area contributed by atoms with Crippen LogP contribution in [0.4, 0.5) is 4.39 Å². The van der Waals surface area contributed by atoms with Crippen molar-refractivity contribution >= 4 is 38.4 Å². The van der Waals surface area contributed by atoms with E-state index in [1.165, 1.54) is 12.1 Å². The molecule has 1 aliphatic rings. The highest BCUT2D eigenvalue weighted by molar-refractivity contribution is 9.10. The zero-order chi connectivity index (χ0) is 13.3. The van der Waals surface area contributed by atoms with E-state index >= 15 is 0 Å². The number of halogens is 3. The summed E-state index contributed by atoms with van der Waals surface area (Å²) in [5.74, 6) is -0.293. The van der Waals surface area contributed by atoms with Gasteiger partial charge >= 0.3 is 0 Å². The van der Waals surface area contributed by atoms with Crippen LogP contribution in [0.3, 0.4) is 0 Å². The average molecular weight is 374 g/mol. The van der Waals surface area contributed by atoms with E-state index in [1.54, 1.807) is 0 Å². The lowest BCUT2D eigenvalue weighted by Gasteiger charge is -2.16. The molecule has 1 saturated carbocycles. The number of rotatable bonds is 5. The molecule has 2 rings (SSSR count). The fourth-order valence-electron chi connectivity index (χ4n) is 1.75. The van der Waals surface area contributed by atoms with Crippen LogP contribution in [0.5, 0.6) is 0 Å². The Balaban J connectivity index is 0.00000180. The molecule has 0 saturated heterocycles. The lowest BCUT2D eigenvalue weighted by atomic mass is 10.2. The smallest absolute Gasteiger partial charge is 0.240 e. The van der Waals surface area contributed by atoms with E-state index in [4.69, 9.17) is 5.73 Å². The molecule has 19 heavy (non-hydrogen) atoms. The molecule has 3 N–H and O–H groups in total. The minimum absolute atomic E-state index is 0. The molecule has 0 radical (unpaired) electrons. The van der Waals surface area contributed by atoms with Crippen LogP contribution in [-0.2, 0) is 10.0 Å². The lowest BCUT2D eigenvalue weighted by molar-refractivity contribution is 0.518. The lowest BCUT2D eigenvalue weighted by Crippen LogP contribution is -2.41. The molecule has 4 nitrogen and oxygen atoms in total. The van der Waals surface area contributed by atoms with Gasteiger partial charge in [0.05, 0.1) is 9.37 Å². The van der Waals surface area contributed by atoms with Crippen LogP contribution in [0.1, 0.15) is 12.8 Å². The van der Waals surface area contributed by atoms with Crippen molar-refractivity contribution < 1.29 is 12.8 Å². The number of nitrogens with two attached hydrogens (primary N) is 1. The van der Waals surface area contributed by atoms with E-state index in [-0.39, 0.29) is 34.4 Å². The molecule has 1 aliphatic carbocycles. The summed E-state index contributed by atoms with van der Waals surface area (Å²) in [7, 11) is -3.71. The molecular formula is C11H15BrClFN2O2S. The first-order chi connectivity index (χ1) is 8.44. The maximum absolute atomic E-state index is 13.3. The minimum Gasteiger partial charge on any atom is -0.329 e. The highest BCUT2D eigenvalue weighted by Crippen LogP contribution is 2.33. The molecule has 0 spiro atoms. The number of hydrogen-bond donors (Lipinski definition) is 2. The molecule has 1 aromatic rings. The maximum Gasteiger partial charge on any atom is 0.240 e. The van der Waals surface area contributed by atoms with Gasteiger partial charge < -0.3 is 5.73 Å². The quantitative estimate of drug-likeness (QED) is 0.829. The van der Waals surface area contributed by atoms with Crippen LogP contribution in [0.15, 0.2) is 27.6 Å². The Hall–Kier alpha value is -0.210. The third-order valence-electron chi connectivity index (χ3n) is 2.95. The van der Waals surface area contributed by atoms with E-state index in [2.05, 4.69) is 20.7 Å². The van der Waals surface area contributed by atoms with E-state index in [0.29, 0.717) is 5.92 Å². The number of hydrogen-bond acceptors (Lipinski definition) is 3. The van der Waals surface area contributed by atoms with Crippen molar-refractivity contribution in [2.45, 2.75) is 23.8 Å².